The summed E-state index contributed by atoms with van der Waals surface area (Å²) in [5.74, 6) is 0.271. The highest BCUT2D eigenvalue weighted by Gasteiger charge is 2.42. The summed E-state index contributed by atoms with van der Waals surface area (Å²) < 4.78 is 25.6. The van der Waals surface area contributed by atoms with E-state index in [1.807, 2.05) is 6.92 Å². The molecule has 2 unspecified atom stereocenters. The fourth-order valence-electron chi connectivity index (χ4n) is 2.40. The maximum Gasteiger partial charge on any atom is 0.214 e. The molecule has 78 valence electrons. The summed E-state index contributed by atoms with van der Waals surface area (Å²) in [6, 6.07) is 0. The van der Waals surface area contributed by atoms with E-state index in [0.29, 0.717) is 0 Å². The summed E-state index contributed by atoms with van der Waals surface area (Å²) in [6.07, 6.45) is 1.77. The van der Waals surface area contributed by atoms with Crippen LogP contribution in [0, 0.1) is 11.3 Å². The highest BCUT2D eigenvalue weighted by molar-refractivity contribution is 7.90. The second kappa shape index (κ2) is 3.24. The van der Waals surface area contributed by atoms with Crippen LogP contribution in [0.4, 0.5) is 0 Å². The second-order valence-electron chi connectivity index (χ2n) is 4.84. The molecule has 1 aliphatic rings. The first-order chi connectivity index (χ1) is 5.78. The molecule has 4 heteroatoms. The van der Waals surface area contributed by atoms with Crippen molar-refractivity contribution in [2.45, 2.75) is 38.9 Å². The molecule has 0 radical (unpaired) electrons. The smallest absolute Gasteiger partial charge is 0.214 e. The van der Waals surface area contributed by atoms with Gasteiger partial charge in [-0.2, -0.15) is 0 Å². The van der Waals surface area contributed by atoms with E-state index in [-0.39, 0.29) is 16.6 Å². The van der Waals surface area contributed by atoms with E-state index in [4.69, 9.17) is 0 Å². The lowest BCUT2D eigenvalue weighted by Gasteiger charge is -2.16. The van der Waals surface area contributed by atoms with Gasteiger partial charge in [0.2, 0.25) is 10.0 Å². The minimum absolute atomic E-state index is 0.175. The number of hydrogen-bond acceptors (Lipinski definition) is 2. The summed E-state index contributed by atoms with van der Waals surface area (Å²) in [6.45, 7) is 6.29. The van der Waals surface area contributed by atoms with Gasteiger partial charge in [0.25, 0.3) is 0 Å². The van der Waals surface area contributed by atoms with Gasteiger partial charge in [0.1, 0.15) is 0 Å². The van der Waals surface area contributed by atoms with E-state index < -0.39 is 10.0 Å². The average Bonchev–Trinajstić information content (AvgIpc) is 2.25. The Bertz CT molecular complexity index is 282. The predicted octanol–water partition coefficient (Wildman–Crippen LogP) is 1.36. The largest absolute Gasteiger partial charge is 0.218 e. The Kier molecular flexibility index (Phi) is 2.74. The van der Waals surface area contributed by atoms with Crippen LogP contribution in [0.25, 0.3) is 0 Å². The van der Waals surface area contributed by atoms with Gasteiger partial charge in [-0.15, -0.1) is 0 Å². The van der Waals surface area contributed by atoms with Crippen LogP contribution in [0.2, 0.25) is 0 Å². The molecule has 0 aromatic heterocycles. The van der Waals surface area contributed by atoms with E-state index in [1.165, 1.54) is 7.05 Å². The van der Waals surface area contributed by atoms with E-state index in [9.17, 15) is 8.42 Å². The van der Waals surface area contributed by atoms with Crippen molar-refractivity contribution in [2.75, 3.05) is 7.05 Å². The third kappa shape index (κ3) is 2.23. The van der Waals surface area contributed by atoms with Gasteiger partial charge >= 0.3 is 0 Å². The zero-order valence-electron chi connectivity index (χ0n) is 8.79. The molecule has 0 aliphatic heterocycles. The van der Waals surface area contributed by atoms with Gasteiger partial charge in [-0.25, -0.2) is 13.1 Å². The van der Waals surface area contributed by atoms with Crippen molar-refractivity contribution in [1.29, 1.82) is 0 Å². The monoisotopic (exact) mass is 205 g/mol. The van der Waals surface area contributed by atoms with Crippen molar-refractivity contribution in [2.24, 2.45) is 11.3 Å². The van der Waals surface area contributed by atoms with E-state index in [0.717, 1.165) is 12.8 Å². The van der Waals surface area contributed by atoms with Crippen LogP contribution in [-0.4, -0.2) is 20.7 Å². The van der Waals surface area contributed by atoms with Gasteiger partial charge in [0, 0.05) is 0 Å². The average molecular weight is 205 g/mol. The highest BCUT2D eigenvalue weighted by atomic mass is 32.2. The van der Waals surface area contributed by atoms with Crippen LogP contribution in [0.5, 0.6) is 0 Å². The molecule has 0 spiro atoms. The molecule has 0 heterocycles. The zero-order chi connectivity index (χ0) is 10.3. The summed E-state index contributed by atoms with van der Waals surface area (Å²) in [5, 5.41) is -0.201. The molecule has 0 saturated heterocycles. The summed E-state index contributed by atoms with van der Waals surface area (Å²) in [5.41, 5.74) is 0.175. The van der Waals surface area contributed by atoms with Crippen LogP contribution in [0.15, 0.2) is 0 Å². The van der Waals surface area contributed by atoms with Crippen molar-refractivity contribution < 1.29 is 8.42 Å². The Balaban J connectivity index is 2.86. The number of hydrogen-bond donors (Lipinski definition) is 1. The predicted molar refractivity (Wildman–Crippen MR) is 53.9 cm³/mol. The lowest BCUT2D eigenvalue weighted by Crippen LogP contribution is -2.33. The number of nitrogens with one attached hydrogen (secondary N) is 1. The molecule has 1 saturated carbocycles. The SMILES string of the molecule is CNS(=O)(=O)C1CC(C)(C)CC1C. The Hall–Kier alpha value is -0.0900. The molecule has 0 bridgehead atoms. The Morgan fingerprint density at radius 1 is 1.31 bits per heavy atom. The fourth-order valence-corrected chi connectivity index (χ4v) is 4.08. The molecule has 3 nitrogen and oxygen atoms in total. The highest BCUT2D eigenvalue weighted by Crippen LogP contribution is 2.43. The van der Waals surface area contributed by atoms with E-state index in [2.05, 4.69) is 18.6 Å². The molecule has 2 atom stereocenters. The Morgan fingerprint density at radius 2 is 1.85 bits per heavy atom. The summed E-state index contributed by atoms with van der Waals surface area (Å²) >= 11 is 0. The summed E-state index contributed by atoms with van der Waals surface area (Å²) in [4.78, 5) is 0. The van der Waals surface area contributed by atoms with Gasteiger partial charge in [-0.1, -0.05) is 20.8 Å². The molecule has 1 rings (SSSR count). The van der Waals surface area contributed by atoms with Crippen LogP contribution in [0.1, 0.15) is 33.6 Å². The van der Waals surface area contributed by atoms with Crippen molar-refractivity contribution in [3.63, 3.8) is 0 Å². The Morgan fingerprint density at radius 3 is 2.15 bits per heavy atom. The van der Waals surface area contributed by atoms with E-state index >= 15 is 0 Å². The number of sulfonamides is 1. The maximum atomic E-state index is 11.6. The first kappa shape index (κ1) is 11.0. The topological polar surface area (TPSA) is 46.2 Å². The lowest BCUT2D eigenvalue weighted by atomic mass is 9.91. The fraction of sp³-hybridized carbons (Fsp3) is 1.00. The van der Waals surface area contributed by atoms with E-state index in [1.54, 1.807) is 0 Å². The van der Waals surface area contributed by atoms with Crippen molar-refractivity contribution in [3.8, 4) is 0 Å². The molecular formula is C9H19NO2S. The van der Waals surface area contributed by atoms with Crippen LogP contribution < -0.4 is 4.72 Å². The van der Waals surface area contributed by atoms with Crippen molar-refractivity contribution >= 4 is 10.0 Å². The van der Waals surface area contributed by atoms with Gasteiger partial charge in [-0.3, -0.25) is 0 Å². The molecular weight excluding hydrogens is 186 g/mol. The standard InChI is InChI=1S/C9H19NO2S/c1-7-5-9(2,3)6-8(7)13(11,12)10-4/h7-8,10H,5-6H2,1-4H3. The zero-order valence-corrected chi connectivity index (χ0v) is 9.61. The molecule has 1 N–H and O–H groups in total. The second-order valence-corrected chi connectivity index (χ2v) is 6.94. The third-order valence-corrected chi connectivity index (χ3v) is 4.94. The normalized spacial score (nSPS) is 33.5. The Labute approximate surface area is 81.0 Å². The van der Waals surface area contributed by atoms with Crippen LogP contribution in [0.3, 0.4) is 0 Å². The molecule has 13 heavy (non-hydrogen) atoms. The minimum Gasteiger partial charge on any atom is -0.218 e. The van der Waals surface area contributed by atoms with Gasteiger partial charge < -0.3 is 0 Å². The van der Waals surface area contributed by atoms with Crippen LogP contribution >= 0.6 is 0 Å². The molecule has 1 fully saturated rings. The molecule has 1 aliphatic carbocycles. The van der Waals surface area contributed by atoms with Crippen molar-refractivity contribution in [1.82, 2.24) is 4.72 Å². The molecule has 0 aromatic carbocycles. The first-order valence-corrected chi connectivity index (χ1v) is 6.25. The molecule has 0 amide bonds. The molecule has 0 aromatic rings. The van der Waals surface area contributed by atoms with Gasteiger partial charge in [0.05, 0.1) is 5.25 Å². The van der Waals surface area contributed by atoms with Crippen molar-refractivity contribution in [3.05, 3.63) is 0 Å². The lowest BCUT2D eigenvalue weighted by molar-refractivity contribution is 0.366. The minimum atomic E-state index is -3.07. The number of rotatable bonds is 2. The first-order valence-electron chi connectivity index (χ1n) is 4.71. The van der Waals surface area contributed by atoms with Crippen LogP contribution in [-0.2, 0) is 10.0 Å². The van der Waals surface area contributed by atoms with Gasteiger partial charge in [0.15, 0.2) is 0 Å². The third-order valence-electron chi connectivity index (χ3n) is 2.95. The van der Waals surface area contributed by atoms with Gasteiger partial charge in [-0.05, 0) is 31.2 Å². The summed E-state index contributed by atoms with van der Waals surface area (Å²) in [7, 11) is -1.57. The quantitative estimate of drug-likeness (QED) is 0.740. The maximum absolute atomic E-state index is 11.6.